The Hall–Kier alpha value is -12.5. The maximum Gasteiger partial charge on any atom is 0.0547 e. The number of H-pyrrole nitrogens is 1. The third-order valence-corrected chi connectivity index (χ3v) is 18.8. The average molecular weight is 1210 g/mol. The minimum atomic E-state index is 1.16. The van der Waals surface area contributed by atoms with Gasteiger partial charge in [0.15, 0.2) is 0 Å². The van der Waals surface area contributed by atoms with Crippen LogP contribution in [0.5, 0.6) is 0 Å². The molecule has 4 heterocycles. The molecule has 4 nitrogen and oxygen atoms in total. The summed E-state index contributed by atoms with van der Waals surface area (Å²) >= 11 is 0. The van der Waals surface area contributed by atoms with Crippen LogP contribution >= 0.6 is 0 Å². The second-order valence-corrected chi connectivity index (χ2v) is 24.5. The second kappa shape index (κ2) is 24.3. The summed E-state index contributed by atoms with van der Waals surface area (Å²) in [7, 11) is 0. The molecule has 0 aliphatic carbocycles. The number of hydrogen-bond acceptors (Lipinski definition) is 0. The summed E-state index contributed by atoms with van der Waals surface area (Å²) < 4.78 is 7.17. The van der Waals surface area contributed by atoms with Crippen LogP contribution in [0.25, 0.3) is 159 Å². The second-order valence-electron chi connectivity index (χ2n) is 24.5. The largest absolute Gasteiger partial charge is 0.354 e. The van der Waals surface area contributed by atoms with Crippen molar-refractivity contribution in [1.29, 1.82) is 0 Å². The van der Waals surface area contributed by atoms with Gasteiger partial charge in [0.2, 0.25) is 0 Å². The van der Waals surface area contributed by atoms with Gasteiger partial charge in [-0.1, -0.05) is 272 Å². The predicted molar refractivity (Wildman–Crippen MR) is 406 cm³/mol. The van der Waals surface area contributed by atoms with Crippen LogP contribution in [0.15, 0.2) is 364 Å². The van der Waals surface area contributed by atoms with E-state index in [1.165, 1.54) is 159 Å². The van der Waals surface area contributed by atoms with E-state index in [-0.39, 0.29) is 0 Å². The summed E-state index contributed by atoms with van der Waals surface area (Å²) in [4.78, 5) is 3.47. The predicted octanol–water partition coefficient (Wildman–Crippen LogP) is 24.8. The number of rotatable bonds is 5. The smallest absolute Gasteiger partial charge is 0.0547 e. The van der Waals surface area contributed by atoms with E-state index < -0.39 is 0 Å². The fourth-order valence-corrected chi connectivity index (χ4v) is 14.5. The molecule has 0 spiro atoms. The molecule has 0 atom stereocenters. The van der Waals surface area contributed by atoms with E-state index in [1.807, 2.05) is 18.2 Å². The van der Waals surface area contributed by atoms with Crippen LogP contribution in [0, 0.1) is 6.92 Å². The van der Waals surface area contributed by atoms with E-state index in [0.717, 1.165) is 5.69 Å². The lowest BCUT2D eigenvalue weighted by Gasteiger charge is -2.11. The first-order chi connectivity index (χ1) is 47.1. The maximum absolute atomic E-state index is 3.47. The Morgan fingerprint density at radius 2 is 0.579 bits per heavy atom. The number of hydrogen-bond donors (Lipinski definition) is 1. The molecule has 20 rings (SSSR count). The molecule has 95 heavy (non-hydrogen) atoms. The van der Waals surface area contributed by atoms with Gasteiger partial charge in [0.1, 0.15) is 0 Å². The van der Waals surface area contributed by atoms with Gasteiger partial charge in [-0.05, 0) is 159 Å². The number of aromatic nitrogens is 4. The Bertz CT molecular complexity index is 6200. The lowest BCUT2D eigenvalue weighted by molar-refractivity contribution is 1.18. The third kappa shape index (κ3) is 10.2. The molecule has 0 saturated carbocycles. The summed E-state index contributed by atoms with van der Waals surface area (Å²) in [6.07, 6.45) is 0. The molecule has 0 aliphatic heterocycles. The number of nitrogens with zero attached hydrogens (tertiary/aromatic N) is 3. The number of aromatic amines is 1. The van der Waals surface area contributed by atoms with Crippen LogP contribution < -0.4 is 0 Å². The Labute approximate surface area is 550 Å². The van der Waals surface area contributed by atoms with Crippen LogP contribution in [0.3, 0.4) is 0 Å². The van der Waals surface area contributed by atoms with Crippen LogP contribution in [-0.2, 0) is 0 Å². The quantitative estimate of drug-likeness (QED) is 0.178. The Morgan fingerprint density at radius 1 is 0.200 bits per heavy atom. The van der Waals surface area contributed by atoms with Crippen molar-refractivity contribution in [3.8, 4) is 39.3 Å². The minimum absolute atomic E-state index is 1.16. The van der Waals surface area contributed by atoms with E-state index in [4.69, 9.17) is 0 Å². The molecule has 20 aromatic rings. The van der Waals surface area contributed by atoms with Crippen LogP contribution in [0.2, 0.25) is 0 Å². The van der Waals surface area contributed by atoms with Crippen LogP contribution in [-0.4, -0.2) is 18.7 Å². The molecule has 1 N–H and O–H groups in total. The summed E-state index contributed by atoms with van der Waals surface area (Å²) in [6.45, 7) is 2.08. The molecular formula is C91H64N4. The molecule has 0 aliphatic rings. The Balaban J connectivity index is 0.000000119. The molecule has 0 bridgehead atoms. The molecule has 0 radical (unpaired) electrons. The lowest BCUT2D eigenvalue weighted by atomic mass is 9.99. The fourth-order valence-electron chi connectivity index (χ4n) is 14.5. The van der Waals surface area contributed by atoms with Crippen molar-refractivity contribution in [2.24, 2.45) is 0 Å². The van der Waals surface area contributed by atoms with Gasteiger partial charge >= 0.3 is 0 Å². The SMILES string of the molecule is Cc1ccccc1.c1ccc(-c2cccc(-n3c4ccccc4c4cc(-c5ccc6c(c5)c5c7ccccc7ccc5n6-c5ccccc5)ccc43)c2)cc1.c1ccc(-n2c3ccccc3c3c4ccccc4ccc32)cc1.c1ccc2c(c1)ccc1[nH]c3ccccc3c12. The third-order valence-electron chi connectivity index (χ3n) is 18.8. The standard InChI is InChI=1S/C46H30N2.C22H15N.C16H11N.C7H8/c1-3-12-31(13-4-1)33-15-11-18-37(28-33)48-42-21-10-9-20-39(42)40-29-34(23-25-43(40)48)35-24-26-44-41(30-35)46-38-19-8-7-14-32(38)22-27-45(46)47(44)36-16-5-2-6-17-36;1-2-9-17(10-3-1)23-20-13-7-6-12-19(20)22-18-11-5-4-8-16(18)14-15-21(22)23;1-2-6-12-11(5-1)9-10-15-16(12)13-7-3-4-8-14(13)17-15;1-7-5-3-2-4-6-7/h1-30H;1-15H;1-10,17H;2-6H,1H3. The zero-order valence-electron chi connectivity index (χ0n) is 52.5. The number of benzene rings is 16. The Kier molecular flexibility index (Phi) is 14.4. The molecule has 4 aromatic heterocycles. The van der Waals surface area contributed by atoms with Gasteiger partial charge in [-0.2, -0.15) is 0 Å². The van der Waals surface area contributed by atoms with Crippen LogP contribution in [0.1, 0.15) is 5.56 Å². The van der Waals surface area contributed by atoms with Crippen molar-refractivity contribution >= 4 is 120 Å². The maximum atomic E-state index is 3.47. The molecular weight excluding hydrogens is 1150 g/mol. The highest BCUT2D eigenvalue weighted by molar-refractivity contribution is 6.24. The summed E-state index contributed by atoms with van der Waals surface area (Å²) in [5.74, 6) is 0. The number of nitrogens with one attached hydrogen (secondary N) is 1. The molecule has 0 saturated heterocycles. The summed E-state index contributed by atoms with van der Waals surface area (Å²) in [6, 6.07) is 130. The first-order valence-electron chi connectivity index (χ1n) is 32.6. The minimum Gasteiger partial charge on any atom is -0.354 e. The van der Waals surface area contributed by atoms with Gasteiger partial charge in [-0.3, -0.25) is 0 Å². The zero-order chi connectivity index (χ0) is 63.2. The van der Waals surface area contributed by atoms with E-state index in [2.05, 4.69) is 371 Å². The van der Waals surface area contributed by atoms with Gasteiger partial charge in [-0.15, -0.1) is 0 Å². The normalized spacial score (nSPS) is 11.4. The van der Waals surface area contributed by atoms with Crippen LogP contribution in [0.4, 0.5) is 0 Å². The monoisotopic (exact) mass is 1210 g/mol. The van der Waals surface area contributed by atoms with Gasteiger partial charge < -0.3 is 18.7 Å². The number of para-hydroxylation sites is 5. The van der Waals surface area contributed by atoms with Gasteiger partial charge in [0.25, 0.3) is 0 Å². The summed E-state index contributed by atoms with van der Waals surface area (Å²) in [5.41, 5.74) is 19.5. The fraction of sp³-hybridized carbons (Fsp3) is 0.0110. The molecule has 16 aromatic carbocycles. The van der Waals surface area contributed by atoms with Crippen molar-refractivity contribution in [3.63, 3.8) is 0 Å². The van der Waals surface area contributed by atoms with Gasteiger partial charge in [0.05, 0.1) is 33.1 Å². The zero-order valence-corrected chi connectivity index (χ0v) is 52.5. The van der Waals surface area contributed by atoms with Crippen molar-refractivity contribution in [2.75, 3.05) is 0 Å². The molecule has 0 fully saturated rings. The van der Waals surface area contributed by atoms with Crippen molar-refractivity contribution in [2.45, 2.75) is 6.92 Å². The van der Waals surface area contributed by atoms with E-state index in [0.29, 0.717) is 0 Å². The van der Waals surface area contributed by atoms with Gasteiger partial charge in [-0.25, -0.2) is 0 Å². The van der Waals surface area contributed by atoms with Gasteiger partial charge in [0, 0.05) is 71.2 Å². The highest BCUT2D eigenvalue weighted by Crippen LogP contribution is 2.42. The van der Waals surface area contributed by atoms with E-state index in [1.54, 1.807) is 0 Å². The summed E-state index contributed by atoms with van der Waals surface area (Å²) in [5, 5.41) is 18.1. The average Bonchev–Trinajstić information content (AvgIpc) is 1.59. The number of fused-ring (bicyclic) bond motifs is 18. The molecule has 448 valence electrons. The first kappa shape index (κ1) is 56.5. The lowest BCUT2D eigenvalue weighted by Crippen LogP contribution is -1.94. The molecule has 0 unspecified atom stereocenters. The van der Waals surface area contributed by atoms with Crippen molar-refractivity contribution < 1.29 is 0 Å². The number of aryl methyl sites for hydroxylation is 1. The highest BCUT2D eigenvalue weighted by atomic mass is 15.0. The Morgan fingerprint density at radius 3 is 1.16 bits per heavy atom. The van der Waals surface area contributed by atoms with Crippen molar-refractivity contribution in [3.05, 3.63) is 370 Å². The topological polar surface area (TPSA) is 30.6 Å². The molecule has 0 amide bonds. The van der Waals surface area contributed by atoms with E-state index >= 15 is 0 Å². The van der Waals surface area contributed by atoms with Crippen molar-refractivity contribution in [1.82, 2.24) is 18.7 Å². The molecule has 4 heteroatoms. The highest BCUT2D eigenvalue weighted by Gasteiger charge is 2.19. The van der Waals surface area contributed by atoms with E-state index in [9.17, 15) is 0 Å². The first-order valence-corrected chi connectivity index (χ1v) is 32.6.